The number of aryl methyl sites for hydroxylation is 1. The lowest BCUT2D eigenvalue weighted by atomic mass is 9.90. The molecule has 130 valence electrons. The van der Waals surface area contributed by atoms with Crippen molar-refractivity contribution in [3.63, 3.8) is 0 Å². The Labute approximate surface area is 148 Å². The molecule has 0 spiro atoms. The van der Waals surface area contributed by atoms with Crippen LogP contribution in [0.1, 0.15) is 35.9 Å². The van der Waals surface area contributed by atoms with Crippen LogP contribution in [0.2, 0.25) is 0 Å². The van der Waals surface area contributed by atoms with Gasteiger partial charge in [0.05, 0.1) is 11.6 Å². The summed E-state index contributed by atoms with van der Waals surface area (Å²) in [7, 11) is 1.93. The van der Waals surface area contributed by atoms with Crippen molar-refractivity contribution in [2.75, 3.05) is 19.6 Å². The van der Waals surface area contributed by atoms with E-state index in [9.17, 15) is 5.11 Å². The summed E-state index contributed by atoms with van der Waals surface area (Å²) in [5, 5.41) is 19.3. The van der Waals surface area contributed by atoms with E-state index in [1.807, 2.05) is 42.1 Å². The molecule has 1 aliphatic rings. The van der Waals surface area contributed by atoms with Crippen LogP contribution in [0.25, 0.3) is 6.08 Å². The van der Waals surface area contributed by atoms with Crippen LogP contribution in [-0.2, 0) is 7.05 Å². The molecule has 1 saturated heterocycles. The molecule has 5 nitrogen and oxygen atoms in total. The molecule has 1 aromatic carbocycles. The summed E-state index contributed by atoms with van der Waals surface area (Å²) in [5.74, 6) is 1.04. The predicted octanol–water partition coefficient (Wildman–Crippen LogP) is 2.75. The van der Waals surface area contributed by atoms with Gasteiger partial charge in [0.15, 0.2) is 0 Å². The number of imidazole rings is 1. The summed E-state index contributed by atoms with van der Waals surface area (Å²) in [4.78, 5) is 6.68. The van der Waals surface area contributed by atoms with Gasteiger partial charge in [-0.2, -0.15) is 5.26 Å². The lowest BCUT2D eigenvalue weighted by molar-refractivity contribution is 0.0541. The Morgan fingerprint density at radius 2 is 2.04 bits per heavy atom. The summed E-state index contributed by atoms with van der Waals surface area (Å²) < 4.78 is 1.90. The number of aliphatic hydroxyl groups is 1. The molecule has 0 saturated carbocycles. The molecular weight excluding hydrogens is 312 g/mol. The van der Waals surface area contributed by atoms with E-state index in [0.717, 1.165) is 43.9 Å². The minimum atomic E-state index is -0.476. The topological polar surface area (TPSA) is 65.1 Å². The number of piperidine rings is 1. The van der Waals surface area contributed by atoms with Gasteiger partial charge in [0.25, 0.3) is 0 Å². The first-order chi connectivity index (χ1) is 12.2. The highest BCUT2D eigenvalue weighted by atomic mass is 16.3. The fraction of sp³-hybridized carbons (Fsp3) is 0.400. The normalized spacial score (nSPS) is 17.6. The van der Waals surface area contributed by atoms with Crippen molar-refractivity contribution in [1.82, 2.24) is 14.5 Å². The first-order valence-electron chi connectivity index (χ1n) is 8.71. The fourth-order valence-corrected chi connectivity index (χ4v) is 3.33. The Balaban J connectivity index is 1.47. The molecule has 0 aliphatic carbocycles. The van der Waals surface area contributed by atoms with Crippen LogP contribution in [0.4, 0.5) is 0 Å². The van der Waals surface area contributed by atoms with Gasteiger partial charge in [-0.1, -0.05) is 24.3 Å². The second kappa shape index (κ2) is 8.11. The van der Waals surface area contributed by atoms with E-state index in [-0.39, 0.29) is 5.92 Å². The smallest absolute Gasteiger partial charge is 0.137 e. The van der Waals surface area contributed by atoms with Gasteiger partial charge in [-0.05, 0) is 49.5 Å². The minimum Gasteiger partial charge on any atom is -0.385 e. The van der Waals surface area contributed by atoms with Crippen LogP contribution >= 0.6 is 0 Å². The third-order valence-electron chi connectivity index (χ3n) is 4.92. The van der Waals surface area contributed by atoms with Gasteiger partial charge in [0.2, 0.25) is 0 Å². The van der Waals surface area contributed by atoms with Gasteiger partial charge < -0.3 is 9.67 Å². The van der Waals surface area contributed by atoms with E-state index in [2.05, 4.69) is 28.1 Å². The van der Waals surface area contributed by atoms with Crippen molar-refractivity contribution < 1.29 is 5.11 Å². The summed E-state index contributed by atoms with van der Waals surface area (Å²) in [6.07, 6.45) is 9.37. The zero-order valence-electron chi connectivity index (χ0n) is 14.5. The predicted molar refractivity (Wildman–Crippen MR) is 97.5 cm³/mol. The fourth-order valence-electron chi connectivity index (χ4n) is 3.33. The summed E-state index contributed by atoms with van der Waals surface area (Å²) >= 11 is 0. The van der Waals surface area contributed by atoms with E-state index in [4.69, 9.17) is 5.26 Å². The molecule has 1 atom stereocenters. The lowest BCUT2D eigenvalue weighted by Crippen LogP contribution is -2.36. The van der Waals surface area contributed by atoms with Crippen LogP contribution in [0, 0.1) is 17.2 Å². The van der Waals surface area contributed by atoms with Crippen molar-refractivity contribution in [1.29, 1.82) is 5.26 Å². The van der Waals surface area contributed by atoms with E-state index >= 15 is 0 Å². The maximum absolute atomic E-state index is 10.5. The number of aromatic nitrogens is 2. The van der Waals surface area contributed by atoms with Crippen LogP contribution in [0.15, 0.2) is 42.7 Å². The Morgan fingerprint density at radius 1 is 1.32 bits per heavy atom. The molecule has 2 heterocycles. The number of likely N-dealkylation sites (tertiary alicyclic amines) is 1. The zero-order chi connectivity index (χ0) is 17.6. The number of aliphatic hydroxyl groups excluding tert-OH is 1. The molecular formula is C20H24N4O. The summed E-state index contributed by atoms with van der Waals surface area (Å²) in [6.45, 7) is 2.89. The van der Waals surface area contributed by atoms with Gasteiger partial charge >= 0.3 is 0 Å². The molecule has 3 rings (SSSR count). The minimum absolute atomic E-state index is 0.278. The first-order valence-corrected chi connectivity index (χ1v) is 8.71. The second-order valence-corrected chi connectivity index (χ2v) is 6.62. The summed E-state index contributed by atoms with van der Waals surface area (Å²) in [5.41, 5.74) is 1.80. The van der Waals surface area contributed by atoms with Crippen molar-refractivity contribution in [3.05, 3.63) is 59.7 Å². The van der Waals surface area contributed by atoms with Gasteiger partial charge in [0, 0.05) is 26.0 Å². The molecule has 1 aliphatic heterocycles. The zero-order valence-corrected chi connectivity index (χ0v) is 14.5. The number of nitriles is 1. The molecule has 0 bridgehead atoms. The van der Waals surface area contributed by atoms with Crippen molar-refractivity contribution in [3.8, 4) is 6.07 Å². The SMILES string of the molecule is Cn1ccnc1C(O)C1CCN(C/C=C/c2ccc(C#N)cc2)CC1. The van der Waals surface area contributed by atoms with Crippen molar-refractivity contribution >= 4 is 6.08 Å². The third-order valence-corrected chi connectivity index (χ3v) is 4.92. The Bertz CT molecular complexity index is 749. The Kier molecular flexibility index (Phi) is 5.64. The molecule has 1 fully saturated rings. The Hall–Kier alpha value is -2.42. The molecule has 2 aromatic rings. The molecule has 0 amide bonds. The molecule has 25 heavy (non-hydrogen) atoms. The lowest BCUT2D eigenvalue weighted by Gasteiger charge is -2.33. The number of hydrogen-bond donors (Lipinski definition) is 1. The van der Waals surface area contributed by atoms with Crippen molar-refractivity contribution in [2.45, 2.75) is 18.9 Å². The van der Waals surface area contributed by atoms with Gasteiger partial charge in [-0.3, -0.25) is 4.90 Å². The highest BCUT2D eigenvalue weighted by molar-refractivity contribution is 5.51. The maximum atomic E-state index is 10.5. The first kappa shape index (κ1) is 17.4. The standard InChI is InChI=1S/C20H24N4O/c1-23-14-10-22-20(23)19(25)18-8-12-24(13-9-18)11-2-3-16-4-6-17(15-21)7-5-16/h2-7,10,14,18-19,25H,8-9,11-13H2,1H3/b3-2+. The summed E-state index contributed by atoms with van der Waals surface area (Å²) in [6, 6.07) is 9.73. The van der Waals surface area contributed by atoms with Gasteiger partial charge in [-0.15, -0.1) is 0 Å². The van der Waals surface area contributed by atoms with E-state index < -0.39 is 6.10 Å². The number of rotatable bonds is 5. The number of nitrogens with zero attached hydrogens (tertiary/aromatic N) is 4. The van der Waals surface area contributed by atoms with Crippen LogP contribution in [0.3, 0.4) is 0 Å². The second-order valence-electron chi connectivity index (χ2n) is 6.62. The van der Waals surface area contributed by atoms with E-state index in [1.165, 1.54) is 0 Å². The highest BCUT2D eigenvalue weighted by Crippen LogP contribution is 2.29. The van der Waals surface area contributed by atoms with Crippen molar-refractivity contribution in [2.24, 2.45) is 13.0 Å². The van der Waals surface area contributed by atoms with Crippen LogP contribution in [0.5, 0.6) is 0 Å². The van der Waals surface area contributed by atoms with Crippen LogP contribution < -0.4 is 0 Å². The van der Waals surface area contributed by atoms with Gasteiger partial charge in [0.1, 0.15) is 11.9 Å². The Morgan fingerprint density at radius 3 is 2.64 bits per heavy atom. The quantitative estimate of drug-likeness (QED) is 0.912. The monoisotopic (exact) mass is 336 g/mol. The average Bonchev–Trinajstić information content (AvgIpc) is 3.08. The molecule has 0 radical (unpaired) electrons. The molecule has 1 unspecified atom stereocenters. The highest BCUT2D eigenvalue weighted by Gasteiger charge is 2.27. The third kappa shape index (κ3) is 4.36. The number of hydrogen-bond acceptors (Lipinski definition) is 4. The maximum Gasteiger partial charge on any atom is 0.137 e. The van der Waals surface area contributed by atoms with E-state index in [0.29, 0.717) is 5.56 Å². The average molecular weight is 336 g/mol. The van der Waals surface area contributed by atoms with Gasteiger partial charge in [-0.25, -0.2) is 4.98 Å². The largest absolute Gasteiger partial charge is 0.385 e. The van der Waals surface area contributed by atoms with Crippen LogP contribution in [-0.4, -0.2) is 39.2 Å². The number of benzene rings is 1. The molecule has 5 heteroatoms. The molecule has 1 aromatic heterocycles. The van der Waals surface area contributed by atoms with E-state index in [1.54, 1.807) is 6.20 Å². The molecule has 1 N–H and O–H groups in total.